The number of rotatable bonds is 4. The van der Waals surface area contributed by atoms with Crippen LogP contribution in [0.2, 0.25) is 0 Å². The van der Waals surface area contributed by atoms with Crippen molar-refractivity contribution in [2.45, 2.75) is 44.3 Å². The molecular formula is C17H26N2. The molecule has 1 heterocycles. The molecule has 2 bridgehead atoms. The first-order valence-electron chi connectivity index (χ1n) is 7.64. The zero-order valence-corrected chi connectivity index (χ0v) is 12.4. The van der Waals surface area contributed by atoms with Gasteiger partial charge in [-0.2, -0.15) is 0 Å². The minimum Gasteiger partial charge on any atom is -0.308 e. The molecule has 1 aliphatic carbocycles. The maximum atomic E-state index is 2.81. The van der Waals surface area contributed by atoms with Crippen molar-refractivity contribution < 1.29 is 0 Å². The summed E-state index contributed by atoms with van der Waals surface area (Å²) in [6.45, 7) is 3.59. The van der Waals surface area contributed by atoms with Gasteiger partial charge in [-0.3, -0.25) is 4.90 Å². The lowest BCUT2D eigenvalue weighted by Gasteiger charge is -2.41. The van der Waals surface area contributed by atoms with Crippen LogP contribution in [0, 0.1) is 5.92 Å². The normalized spacial score (nSPS) is 32.1. The van der Waals surface area contributed by atoms with Crippen LogP contribution in [-0.4, -0.2) is 42.5 Å². The molecular weight excluding hydrogens is 232 g/mol. The monoisotopic (exact) mass is 258 g/mol. The lowest BCUT2D eigenvalue weighted by Crippen LogP contribution is -2.47. The quantitative estimate of drug-likeness (QED) is 0.818. The molecule has 1 aromatic rings. The second-order valence-corrected chi connectivity index (χ2v) is 6.59. The van der Waals surface area contributed by atoms with E-state index in [0.717, 1.165) is 18.0 Å². The van der Waals surface area contributed by atoms with Gasteiger partial charge in [0.25, 0.3) is 0 Å². The molecule has 0 radical (unpaired) electrons. The van der Waals surface area contributed by atoms with Crippen LogP contribution in [0.4, 0.5) is 0 Å². The smallest absolute Gasteiger partial charge is 0.0326 e. The highest BCUT2D eigenvalue weighted by Crippen LogP contribution is 2.46. The molecule has 0 unspecified atom stereocenters. The van der Waals surface area contributed by atoms with E-state index < -0.39 is 0 Å². The van der Waals surface area contributed by atoms with Gasteiger partial charge >= 0.3 is 0 Å². The number of nitrogens with zero attached hydrogens (tertiary/aromatic N) is 2. The molecule has 0 aromatic heterocycles. The molecule has 1 aromatic carbocycles. The molecule has 0 spiro atoms. The fourth-order valence-electron chi connectivity index (χ4n) is 4.25. The number of likely N-dealkylation sites (tertiary alicyclic amines) is 1. The van der Waals surface area contributed by atoms with Crippen molar-refractivity contribution in [3.8, 4) is 0 Å². The molecule has 2 fully saturated rings. The van der Waals surface area contributed by atoms with Crippen molar-refractivity contribution in [3.63, 3.8) is 0 Å². The van der Waals surface area contributed by atoms with Gasteiger partial charge < -0.3 is 4.90 Å². The Labute approximate surface area is 117 Å². The Morgan fingerprint density at radius 1 is 1.21 bits per heavy atom. The second-order valence-electron chi connectivity index (χ2n) is 6.59. The van der Waals surface area contributed by atoms with Crippen LogP contribution in [0.25, 0.3) is 0 Å². The highest BCUT2D eigenvalue weighted by Gasteiger charge is 2.47. The van der Waals surface area contributed by atoms with Gasteiger partial charge in [-0.05, 0) is 51.8 Å². The fraction of sp³-hybridized carbons (Fsp3) is 0.647. The molecule has 2 heteroatoms. The Morgan fingerprint density at radius 3 is 2.63 bits per heavy atom. The zero-order chi connectivity index (χ0) is 13.4. The molecule has 3 rings (SSSR count). The van der Waals surface area contributed by atoms with Crippen LogP contribution < -0.4 is 0 Å². The topological polar surface area (TPSA) is 6.48 Å². The number of benzene rings is 1. The molecule has 104 valence electrons. The third-order valence-electron chi connectivity index (χ3n) is 5.08. The van der Waals surface area contributed by atoms with Crippen molar-refractivity contribution in [2.75, 3.05) is 20.6 Å². The van der Waals surface area contributed by atoms with Crippen molar-refractivity contribution in [3.05, 3.63) is 35.9 Å². The second kappa shape index (κ2) is 5.26. The molecule has 2 nitrogen and oxygen atoms in total. The molecule has 1 aliphatic heterocycles. The maximum absolute atomic E-state index is 2.81. The molecule has 19 heavy (non-hydrogen) atoms. The lowest BCUT2D eigenvalue weighted by atomic mass is 9.95. The van der Waals surface area contributed by atoms with E-state index in [9.17, 15) is 0 Å². The van der Waals surface area contributed by atoms with Gasteiger partial charge in [0.1, 0.15) is 0 Å². The van der Waals surface area contributed by atoms with Gasteiger partial charge in [0.05, 0.1) is 0 Å². The molecule has 0 amide bonds. The Bertz CT molecular complexity index is 415. The summed E-state index contributed by atoms with van der Waals surface area (Å²) in [5, 5.41) is 0. The predicted molar refractivity (Wildman–Crippen MR) is 80.2 cm³/mol. The summed E-state index contributed by atoms with van der Waals surface area (Å²) in [4.78, 5) is 5.17. The largest absolute Gasteiger partial charge is 0.308 e. The van der Waals surface area contributed by atoms with Crippen LogP contribution in [-0.2, 0) is 0 Å². The fourth-order valence-corrected chi connectivity index (χ4v) is 4.25. The van der Waals surface area contributed by atoms with Gasteiger partial charge in [-0.25, -0.2) is 0 Å². The van der Waals surface area contributed by atoms with Crippen molar-refractivity contribution in [1.29, 1.82) is 0 Å². The van der Waals surface area contributed by atoms with Gasteiger partial charge in [-0.1, -0.05) is 30.3 Å². The van der Waals surface area contributed by atoms with Crippen molar-refractivity contribution in [2.24, 2.45) is 5.92 Å². The van der Waals surface area contributed by atoms with E-state index in [1.165, 1.54) is 31.4 Å². The number of hydrogen-bond donors (Lipinski definition) is 0. The summed E-state index contributed by atoms with van der Waals surface area (Å²) in [7, 11) is 4.41. The number of fused-ring (bicyclic) bond motifs is 2. The Kier molecular flexibility index (Phi) is 3.64. The van der Waals surface area contributed by atoms with Crippen LogP contribution >= 0.6 is 0 Å². The van der Waals surface area contributed by atoms with E-state index in [1.807, 2.05) is 0 Å². The SMILES string of the molecule is C[C@@H](c1ccccc1)N1[C@H]2CC[C@H](C2)[C@@H]1CN(C)C. The average molecular weight is 258 g/mol. The maximum Gasteiger partial charge on any atom is 0.0326 e. The van der Waals surface area contributed by atoms with Gasteiger partial charge in [0.15, 0.2) is 0 Å². The summed E-state index contributed by atoms with van der Waals surface area (Å²) < 4.78 is 0. The summed E-state index contributed by atoms with van der Waals surface area (Å²) in [6, 6.07) is 13.1. The van der Waals surface area contributed by atoms with E-state index in [-0.39, 0.29) is 0 Å². The minimum atomic E-state index is 0.557. The standard InChI is InChI=1S/C17H26N2/c1-13(14-7-5-4-6-8-14)19-16-10-9-15(11-16)17(19)12-18(2)3/h4-8,13,15-17H,9-12H2,1-3H3/t13-,15+,16-,17-/m0/s1. The van der Waals surface area contributed by atoms with Crippen molar-refractivity contribution in [1.82, 2.24) is 9.80 Å². The first-order valence-corrected chi connectivity index (χ1v) is 7.64. The average Bonchev–Trinajstić information content (AvgIpc) is 2.99. The van der Waals surface area contributed by atoms with E-state index in [4.69, 9.17) is 0 Å². The molecule has 1 saturated carbocycles. The Hall–Kier alpha value is -0.860. The summed E-state index contributed by atoms with van der Waals surface area (Å²) >= 11 is 0. The summed E-state index contributed by atoms with van der Waals surface area (Å²) in [6.07, 6.45) is 4.28. The van der Waals surface area contributed by atoms with E-state index in [0.29, 0.717) is 6.04 Å². The Morgan fingerprint density at radius 2 is 1.95 bits per heavy atom. The van der Waals surface area contributed by atoms with Gasteiger partial charge in [-0.15, -0.1) is 0 Å². The highest BCUT2D eigenvalue weighted by molar-refractivity contribution is 5.20. The summed E-state index contributed by atoms with van der Waals surface area (Å²) in [5.74, 6) is 0.929. The highest BCUT2D eigenvalue weighted by atomic mass is 15.3. The first kappa shape index (κ1) is 13.1. The van der Waals surface area contributed by atoms with Crippen molar-refractivity contribution >= 4 is 0 Å². The van der Waals surface area contributed by atoms with E-state index in [2.05, 4.69) is 61.2 Å². The Balaban J connectivity index is 1.81. The predicted octanol–water partition coefficient (Wildman–Crippen LogP) is 3.16. The van der Waals surface area contributed by atoms with Gasteiger partial charge in [0.2, 0.25) is 0 Å². The van der Waals surface area contributed by atoms with E-state index >= 15 is 0 Å². The summed E-state index contributed by atoms with van der Waals surface area (Å²) in [5.41, 5.74) is 1.47. The zero-order valence-electron chi connectivity index (χ0n) is 12.4. The minimum absolute atomic E-state index is 0.557. The molecule has 0 N–H and O–H groups in total. The third-order valence-corrected chi connectivity index (χ3v) is 5.08. The van der Waals surface area contributed by atoms with Crippen LogP contribution in [0.15, 0.2) is 30.3 Å². The van der Waals surface area contributed by atoms with Gasteiger partial charge in [0, 0.05) is 24.7 Å². The van der Waals surface area contributed by atoms with Crippen LogP contribution in [0.5, 0.6) is 0 Å². The third kappa shape index (κ3) is 2.44. The first-order chi connectivity index (χ1) is 9.16. The number of hydrogen-bond acceptors (Lipinski definition) is 2. The van der Waals surface area contributed by atoms with Crippen LogP contribution in [0.3, 0.4) is 0 Å². The molecule has 1 saturated heterocycles. The van der Waals surface area contributed by atoms with Crippen LogP contribution in [0.1, 0.15) is 37.8 Å². The number of likely N-dealkylation sites (N-methyl/N-ethyl adjacent to an activating group) is 1. The number of piperidine rings is 1. The lowest BCUT2D eigenvalue weighted by molar-refractivity contribution is 0.0758. The molecule has 4 atom stereocenters. The van der Waals surface area contributed by atoms with E-state index in [1.54, 1.807) is 0 Å². The molecule has 2 aliphatic rings.